The van der Waals surface area contributed by atoms with Gasteiger partial charge in [0, 0.05) is 32.7 Å². The molecule has 0 aliphatic heterocycles. The minimum absolute atomic E-state index is 0.235. The molecular weight excluding hydrogens is 356 g/mol. The van der Waals surface area contributed by atoms with Crippen LogP contribution in [0.15, 0.2) is 0 Å². The number of hydroxylamine groups is 1. The molecule has 0 spiro atoms. The van der Waals surface area contributed by atoms with Gasteiger partial charge in [0.2, 0.25) is 0 Å². The van der Waals surface area contributed by atoms with Crippen molar-refractivity contribution in [1.82, 2.24) is 10.4 Å². The lowest BCUT2D eigenvalue weighted by molar-refractivity contribution is -0.0286. The van der Waals surface area contributed by atoms with Crippen LogP contribution in [-0.4, -0.2) is 95.6 Å². The maximum atomic E-state index is 11.4. The van der Waals surface area contributed by atoms with Gasteiger partial charge in [-0.25, -0.2) is 4.79 Å². The average molecular weight is 395 g/mol. The molecule has 162 valence electrons. The first kappa shape index (κ1) is 26.0. The van der Waals surface area contributed by atoms with Gasteiger partial charge < -0.3 is 30.4 Å². The Labute approximate surface area is 162 Å². The van der Waals surface area contributed by atoms with Crippen LogP contribution in [0, 0.1) is 0 Å². The van der Waals surface area contributed by atoms with Crippen molar-refractivity contribution in [3.8, 4) is 0 Å². The first-order chi connectivity index (χ1) is 12.9. The highest BCUT2D eigenvalue weighted by molar-refractivity contribution is 5.66. The lowest BCUT2D eigenvalue weighted by Crippen LogP contribution is -2.35. The number of hydrogen-bond acceptors (Lipinski definition) is 9. The summed E-state index contributed by atoms with van der Waals surface area (Å²) in [6.45, 7) is 12.1. The Morgan fingerprint density at radius 2 is 1.30 bits per heavy atom. The van der Waals surface area contributed by atoms with Crippen LogP contribution in [0.2, 0.25) is 0 Å². The Kier molecular flexibility index (Phi) is 16.5. The quantitative estimate of drug-likeness (QED) is 0.225. The van der Waals surface area contributed by atoms with Gasteiger partial charge in [-0.3, -0.25) is 9.74 Å². The number of nitrogens with one attached hydrogen (secondary N) is 1. The van der Waals surface area contributed by atoms with Crippen molar-refractivity contribution in [1.29, 1.82) is 0 Å². The molecule has 0 aliphatic carbocycles. The number of nitrogens with zero attached hydrogens (tertiary/aromatic N) is 1. The molecule has 0 aromatic rings. The minimum Gasteiger partial charge on any atom is -0.442 e. The molecule has 0 fully saturated rings. The maximum absolute atomic E-state index is 11.4. The topological polar surface area (TPSA) is 131 Å². The van der Waals surface area contributed by atoms with Crippen LogP contribution in [0.1, 0.15) is 20.8 Å². The third-order valence-electron chi connectivity index (χ3n) is 3.06. The first-order valence-corrected chi connectivity index (χ1v) is 9.35. The van der Waals surface area contributed by atoms with Gasteiger partial charge in [-0.15, -0.1) is 0 Å². The second-order valence-corrected chi connectivity index (χ2v) is 6.71. The summed E-state index contributed by atoms with van der Waals surface area (Å²) >= 11 is 0. The molecule has 5 N–H and O–H groups in total. The number of ether oxygens (including phenoxy) is 4. The molecule has 0 aliphatic rings. The molecule has 0 unspecified atom stereocenters. The van der Waals surface area contributed by atoms with Crippen molar-refractivity contribution in [2.45, 2.75) is 26.4 Å². The Hall–Kier alpha value is -1.01. The van der Waals surface area contributed by atoms with E-state index < -0.39 is 11.7 Å². The van der Waals surface area contributed by atoms with Crippen molar-refractivity contribution in [3.05, 3.63) is 0 Å². The lowest BCUT2D eigenvalue weighted by Gasteiger charge is -2.22. The molecule has 1 amide bonds. The molecule has 0 aromatic carbocycles. The fraction of sp³-hybridized carbons (Fsp3) is 0.941. The van der Waals surface area contributed by atoms with Gasteiger partial charge in [-0.1, -0.05) is 0 Å². The number of rotatable bonds is 17. The molecule has 0 aromatic heterocycles. The summed E-state index contributed by atoms with van der Waals surface area (Å²) in [6.07, 6.45) is -0.622. The smallest absolute Gasteiger partial charge is 0.431 e. The predicted octanol–water partition coefficient (Wildman–Crippen LogP) is -0.288. The molecule has 27 heavy (non-hydrogen) atoms. The van der Waals surface area contributed by atoms with E-state index in [9.17, 15) is 4.79 Å². The second kappa shape index (κ2) is 17.1. The van der Waals surface area contributed by atoms with E-state index in [1.54, 1.807) is 20.8 Å². The number of nitrogens with two attached hydrogens (primary N) is 2. The van der Waals surface area contributed by atoms with Crippen LogP contribution in [0.5, 0.6) is 0 Å². The summed E-state index contributed by atoms with van der Waals surface area (Å²) in [5.41, 5.74) is 12.5. The third-order valence-corrected chi connectivity index (χ3v) is 3.06. The Bertz CT molecular complexity index is 343. The average Bonchev–Trinajstić information content (AvgIpc) is 2.59. The lowest BCUT2D eigenvalue weighted by atomic mass is 10.2. The first-order valence-electron chi connectivity index (χ1n) is 9.35. The minimum atomic E-state index is -0.622. The van der Waals surface area contributed by atoms with Crippen LogP contribution < -0.4 is 16.9 Å². The monoisotopic (exact) mass is 394 g/mol. The Morgan fingerprint density at radius 3 is 1.74 bits per heavy atom. The van der Waals surface area contributed by atoms with E-state index in [4.69, 9.17) is 35.3 Å². The summed E-state index contributed by atoms with van der Waals surface area (Å²) in [4.78, 5) is 18.6. The molecule has 0 bridgehead atoms. The number of carbonyl (C=O) groups is 1. The van der Waals surface area contributed by atoms with Crippen molar-refractivity contribution < 1.29 is 28.6 Å². The summed E-state index contributed by atoms with van der Waals surface area (Å²) in [5.74, 6) is 0. The van der Waals surface area contributed by atoms with E-state index in [0.29, 0.717) is 52.7 Å². The van der Waals surface area contributed by atoms with E-state index in [1.807, 2.05) is 0 Å². The molecule has 0 saturated heterocycles. The van der Waals surface area contributed by atoms with Gasteiger partial charge in [-0.05, 0) is 20.8 Å². The van der Waals surface area contributed by atoms with E-state index in [0.717, 1.165) is 19.6 Å². The summed E-state index contributed by atoms with van der Waals surface area (Å²) in [5, 5.41) is 0. The standard InChI is InChI=1S/C17H38N4O6/c1-17(2,3)27-16(22)20-26-15-14-25-13-8-21(6-11-23-9-4-18)7-12-24-10-5-19/h4-15,18-19H2,1-3H3,(H,20,22). The number of carbonyl (C=O) groups excluding carboxylic acids is 1. The van der Waals surface area contributed by atoms with Crippen LogP contribution in [-0.2, 0) is 23.8 Å². The van der Waals surface area contributed by atoms with E-state index in [2.05, 4.69) is 10.4 Å². The molecule has 0 radical (unpaired) electrons. The number of amides is 1. The third kappa shape index (κ3) is 19.6. The van der Waals surface area contributed by atoms with Crippen LogP contribution >= 0.6 is 0 Å². The summed E-state index contributed by atoms with van der Waals surface area (Å²) in [6, 6.07) is 0. The zero-order chi connectivity index (χ0) is 20.4. The van der Waals surface area contributed by atoms with Gasteiger partial charge in [0.1, 0.15) is 5.60 Å². The van der Waals surface area contributed by atoms with Gasteiger partial charge >= 0.3 is 6.09 Å². The van der Waals surface area contributed by atoms with Gasteiger partial charge in [0.05, 0.1) is 46.2 Å². The van der Waals surface area contributed by atoms with E-state index in [1.165, 1.54) is 0 Å². The van der Waals surface area contributed by atoms with Gasteiger partial charge in [0.15, 0.2) is 0 Å². The number of hydrogen-bond donors (Lipinski definition) is 3. The van der Waals surface area contributed by atoms with Crippen LogP contribution in [0.25, 0.3) is 0 Å². The molecular formula is C17H38N4O6. The highest BCUT2D eigenvalue weighted by atomic mass is 16.7. The van der Waals surface area contributed by atoms with Gasteiger partial charge in [-0.2, -0.15) is 5.48 Å². The molecule has 0 heterocycles. The van der Waals surface area contributed by atoms with Crippen LogP contribution in [0.3, 0.4) is 0 Å². The fourth-order valence-corrected chi connectivity index (χ4v) is 1.90. The summed E-state index contributed by atoms with van der Waals surface area (Å²) < 4.78 is 21.4. The SMILES string of the molecule is CC(C)(C)OC(=O)NOCCOCCN(CCOCCN)CCOCCN. The molecule has 0 atom stereocenters. The Morgan fingerprint density at radius 1 is 0.815 bits per heavy atom. The predicted molar refractivity (Wildman–Crippen MR) is 102 cm³/mol. The van der Waals surface area contributed by atoms with Gasteiger partial charge in [0.25, 0.3) is 0 Å². The van der Waals surface area contributed by atoms with E-state index in [-0.39, 0.29) is 6.61 Å². The van der Waals surface area contributed by atoms with Crippen molar-refractivity contribution in [2.24, 2.45) is 11.5 Å². The zero-order valence-corrected chi connectivity index (χ0v) is 17.0. The van der Waals surface area contributed by atoms with Crippen molar-refractivity contribution >= 4 is 6.09 Å². The largest absolute Gasteiger partial charge is 0.442 e. The normalized spacial score (nSPS) is 11.8. The highest BCUT2D eigenvalue weighted by Crippen LogP contribution is 2.06. The molecule has 0 rings (SSSR count). The Balaban J connectivity index is 3.78. The highest BCUT2D eigenvalue weighted by Gasteiger charge is 2.15. The molecule has 10 heteroatoms. The molecule has 10 nitrogen and oxygen atoms in total. The van der Waals surface area contributed by atoms with Crippen molar-refractivity contribution in [3.63, 3.8) is 0 Å². The second-order valence-electron chi connectivity index (χ2n) is 6.71. The van der Waals surface area contributed by atoms with E-state index >= 15 is 0 Å². The zero-order valence-electron chi connectivity index (χ0n) is 17.0. The maximum Gasteiger partial charge on any atom is 0.431 e. The summed E-state index contributed by atoms with van der Waals surface area (Å²) in [7, 11) is 0. The van der Waals surface area contributed by atoms with Crippen molar-refractivity contribution in [2.75, 3.05) is 79.0 Å². The van der Waals surface area contributed by atoms with Crippen LogP contribution in [0.4, 0.5) is 4.79 Å². The molecule has 0 saturated carbocycles. The fourth-order valence-electron chi connectivity index (χ4n) is 1.90.